The molecule has 0 unspecified atom stereocenters. The molecule has 0 aliphatic rings. The van der Waals surface area contributed by atoms with Crippen LogP contribution in [0.2, 0.25) is 0 Å². The minimum Gasteiger partial charge on any atom is -0.465 e. The minimum atomic E-state index is -1.28. The van der Waals surface area contributed by atoms with Gasteiger partial charge in [0, 0.05) is 0 Å². The summed E-state index contributed by atoms with van der Waals surface area (Å²) >= 11 is 0. The summed E-state index contributed by atoms with van der Waals surface area (Å²) in [7, 11) is 0. The van der Waals surface area contributed by atoms with Crippen molar-refractivity contribution in [2.45, 2.75) is 51.9 Å². The van der Waals surface area contributed by atoms with Crippen molar-refractivity contribution in [1.29, 1.82) is 0 Å². The van der Waals surface area contributed by atoms with Crippen LogP contribution in [0.3, 0.4) is 0 Å². The number of esters is 2. The Morgan fingerprint density at radius 1 is 0.913 bits per heavy atom. The standard InChI is InChI=1S/C19H30O4/c1-5-9-11-15-22-17(20)19(13-7-3,14-8-4)18(21)23-16-12-10-6-2/h5-7H,1-3,8-16H2,4H3. The Morgan fingerprint density at radius 2 is 1.39 bits per heavy atom. The van der Waals surface area contributed by atoms with Crippen molar-refractivity contribution >= 4 is 11.9 Å². The van der Waals surface area contributed by atoms with Crippen LogP contribution in [-0.2, 0) is 19.1 Å². The maximum Gasteiger partial charge on any atom is 0.323 e. The molecular weight excluding hydrogens is 292 g/mol. The van der Waals surface area contributed by atoms with Gasteiger partial charge in [0.25, 0.3) is 0 Å². The van der Waals surface area contributed by atoms with Crippen LogP contribution in [0.15, 0.2) is 38.0 Å². The highest BCUT2D eigenvalue weighted by atomic mass is 16.6. The molecule has 0 saturated carbocycles. The number of carbonyl (C=O) groups is 2. The summed E-state index contributed by atoms with van der Waals surface area (Å²) in [5, 5.41) is 0. The Kier molecular flexibility index (Phi) is 11.7. The van der Waals surface area contributed by atoms with Gasteiger partial charge in [-0.15, -0.1) is 19.7 Å². The summed E-state index contributed by atoms with van der Waals surface area (Å²) in [6, 6.07) is 0. The van der Waals surface area contributed by atoms with Gasteiger partial charge in [0.05, 0.1) is 13.2 Å². The van der Waals surface area contributed by atoms with E-state index in [1.165, 1.54) is 0 Å². The number of carbonyl (C=O) groups excluding carboxylic acids is 2. The fourth-order valence-corrected chi connectivity index (χ4v) is 2.29. The molecule has 0 atom stereocenters. The van der Waals surface area contributed by atoms with E-state index in [0.29, 0.717) is 25.7 Å². The van der Waals surface area contributed by atoms with Gasteiger partial charge >= 0.3 is 11.9 Å². The molecule has 4 heteroatoms. The third-order valence-corrected chi connectivity index (χ3v) is 3.52. The summed E-state index contributed by atoms with van der Waals surface area (Å²) in [6.07, 6.45) is 9.32. The zero-order chi connectivity index (χ0) is 17.6. The molecule has 0 aliphatic heterocycles. The van der Waals surface area contributed by atoms with Crippen molar-refractivity contribution in [3.63, 3.8) is 0 Å². The molecule has 0 N–H and O–H groups in total. The quantitative estimate of drug-likeness (QED) is 0.206. The maximum absolute atomic E-state index is 12.5. The number of allylic oxidation sites excluding steroid dienone is 3. The molecule has 0 rings (SSSR count). The van der Waals surface area contributed by atoms with Gasteiger partial charge in [0.15, 0.2) is 5.41 Å². The van der Waals surface area contributed by atoms with E-state index in [2.05, 4.69) is 19.7 Å². The molecule has 0 fully saturated rings. The molecule has 0 bridgehead atoms. The van der Waals surface area contributed by atoms with E-state index < -0.39 is 17.4 Å². The van der Waals surface area contributed by atoms with Crippen LogP contribution < -0.4 is 0 Å². The van der Waals surface area contributed by atoms with Crippen molar-refractivity contribution in [2.24, 2.45) is 5.41 Å². The zero-order valence-corrected chi connectivity index (χ0v) is 14.4. The van der Waals surface area contributed by atoms with Gasteiger partial charge in [-0.3, -0.25) is 9.59 Å². The lowest BCUT2D eigenvalue weighted by Gasteiger charge is -2.28. The first kappa shape index (κ1) is 21.2. The molecular formula is C19H30O4. The number of rotatable bonds is 14. The molecule has 130 valence electrons. The van der Waals surface area contributed by atoms with Crippen molar-refractivity contribution in [1.82, 2.24) is 0 Å². The third-order valence-electron chi connectivity index (χ3n) is 3.52. The normalized spacial score (nSPS) is 10.7. The van der Waals surface area contributed by atoms with E-state index in [1.807, 2.05) is 6.92 Å². The van der Waals surface area contributed by atoms with Crippen molar-refractivity contribution in [2.75, 3.05) is 13.2 Å². The second-order valence-electron chi connectivity index (χ2n) is 5.46. The Bertz CT molecular complexity index is 370. The molecule has 0 aromatic heterocycles. The van der Waals surface area contributed by atoms with Crippen molar-refractivity contribution in [3.8, 4) is 0 Å². The predicted molar refractivity (Wildman–Crippen MR) is 92.9 cm³/mol. The molecule has 0 saturated heterocycles. The number of unbranched alkanes of at least 4 members (excludes halogenated alkanes) is 2. The number of hydrogen-bond donors (Lipinski definition) is 0. The van der Waals surface area contributed by atoms with E-state index >= 15 is 0 Å². The fourth-order valence-electron chi connectivity index (χ4n) is 2.29. The van der Waals surface area contributed by atoms with Gasteiger partial charge in [-0.25, -0.2) is 0 Å². The van der Waals surface area contributed by atoms with E-state index in [-0.39, 0.29) is 19.6 Å². The topological polar surface area (TPSA) is 52.6 Å². The Hall–Kier alpha value is -1.84. The molecule has 23 heavy (non-hydrogen) atoms. The third kappa shape index (κ3) is 7.31. The SMILES string of the molecule is C=CCCCOC(=O)C(CC=C)(CCC)C(=O)OCCCC=C. The van der Waals surface area contributed by atoms with Gasteiger partial charge in [0.1, 0.15) is 0 Å². The second-order valence-corrected chi connectivity index (χ2v) is 5.46. The van der Waals surface area contributed by atoms with Crippen LogP contribution in [-0.4, -0.2) is 25.2 Å². The largest absolute Gasteiger partial charge is 0.465 e. The Morgan fingerprint density at radius 3 is 1.74 bits per heavy atom. The van der Waals surface area contributed by atoms with Crippen LogP contribution in [0.25, 0.3) is 0 Å². The van der Waals surface area contributed by atoms with E-state index in [9.17, 15) is 9.59 Å². The predicted octanol–water partition coefficient (Wildman–Crippen LogP) is 4.37. The monoisotopic (exact) mass is 322 g/mol. The Balaban J connectivity index is 4.92. The lowest BCUT2D eigenvalue weighted by molar-refractivity contribution is -0.173. The van der Waals surface area contributed by atoms with E-state index in [4.69, 9.17) is 9.47 Å². The van der Waals surface area contributed by atoms with Gasteiger partial charge in [0.2, 0.25) is 0 Å². The highest BCUT2D eigenvalue weighted by Gasteiger charge is 2.47. The van der Waals surface area contributed by atoms with Crippen LogP contribution in [0.1, 0.15) is 51.9 Å². The molecule has 0 heterocycles. The van der Waals surface area contributed by atoms with Gasteiger partial charge in [-0.2, -0.15) is 0 Å². The first-order chi connectivity index (χ1) is 11.1. The van der Waals surface area contributed by atoms with E-state index in [1.54, 1.807) is 18.2 Å². The molecule has 0 aliphatic carbocycles. The molecule has 4 nitrogen and oxygen atoms in total. The molecule has 0 aromatic carbocycles. The van der Waals surface area contributed by atoms with Crippen molar-refractivity contribution < 1.29 is 19.1 Å². The molecule has 0 radical (unpaired) electrons. The number of hydrogen-bond acceptors (Lipinski definition) is 4. The van der Waals surface area contributed by atoms with Crippen LogP contribution in [0.4, 0.5) is 0 Å². The summed E-state index contributed by atoms with van der Waals surface area (Å²) in [5.74, 6) is -1.03. The average Bonchev–Trinajstić information content (AvgIpc) is 2.54. The summed E-state index contributed by atoms with van der Waals surface area (Å²) in [4.78, 5) is 25.1. The summed E-state index contributed by atoms with van der Waals surface area (Å²) in [6.45, 7) is 13.4. The Labute approximate surface area is 140 Å². The van der Waals surface area contributed by atoms with Crippen LogP contribution in [0, 0.1) is 5.41 Å². The summed E-state index contributed by atoms with van der Waals surface area (Å²) < 4.78 is 10.6. The smallest absolute Gasteiger partial charge is 0.323 e. The van der Waals surface area contributed by atoms with Gasteiger partial charge in [-0.05, 0) is 38.5 Å². The van der Waals surface area contributed by atoms with Crippen molar-refractivity contribution in [3.05, 3.63) is 38.0 Å². The number of ether oxygens (including phenoxy) is 2. The zero-order valence-electron chi connectivity index (χ0n) is 14.4. The molecule has 0 amide bonds. The van der Waals surface area contributed by atoms with Crippen LogP contribution >= 0.6 is 0 Å². The van der Waals surface area contributed by atoms with Gasteiger partial charge in [-0.1, -0.05) is 31.6 Å². The lowest BCUT2D eigenvalue weighted by Crippen LogP contribution is -2.42. The fraction of sp³-hybridized carbons (Fsp3) is 0.579. The lowest BCUT2D eigenvalue weighted by atomic mass is 9.80. The van der Waals surface area contributed by atoms with Gasteiger partial charge < -0.3 is 9.47 Å². The first-order valence-corrected chi connectivity index (χ1v) is 8.26. The second kappa shape index (κ2) is 12.7. The van der Waals surface area contributed by atoms with E-state index in [0.717, 1.165) is 12.8 Å². The minimum absolute atomic E-state index is 0.224. The maximum atomic E-state index is 12.5. The molecule has 0 aromatic rings. The van der Waals surface area contributed by atoms with Crippen LogP contribution in [0.5, 0.6) is 0 Å². The summed E-state index contributed by atoms with van der Waals surface area (Å²) in [5.41, 5.74) is -1.28. The average molecular weight is 322 g/mol. The highest BCUT2D eigenvalue weighted by Crippen LogP contribution is 2.32. The first-order valence-electron chi connectivity index (χ1n) is 8.26. The highest BCUT2D eigenvalue weighted by molar-refractivity contribution is 6.00. The molecule has 0 spiro atoms.